The summed E-state index contributed by atoms with van der Waals surface area (Å²) in [6.07, 6.45) is 3.67. The van der Waals surface area contributed by atoms with Crippen LogP contribution in [0.4, 0.5) is 0 Å². The minimum atomic E-state index is -0.324. The number of hydroxylamine groups is 2. The van der Waals surface area contributed by atoms with Gasteiger partial charge in [0.25, 0.3) is 0 Å². The van der Waals surface area contributed by atoms with Gasteiger partial charge in [-0.2, -0.15) is 0 Å². The van der Waals surface area contributed by atoms with E-state index in [1.165, 1.54) is 0 Å². The highest BCUT2D eigenvalue weighted by atomic mass is 16.7. The van der Waals surface area contributed by atoms with E-state index in [0.29, 0.717) is 18.7 Å². The number of benzene rings is 2. The predicted octanol–water partition coefficient (Wildman–Crippen LogP) is 4.23. The Hall–Kier alpha value is -2.39. The van der Waals surface area contributed by atoms with E-state index in [2.05, 4.69) is 6.58 Å². The molecule has 0 spiro atoms. The quantitative estimate of drug-likeness (QED) is 0.415. The molecule has 2 aromatic rings. The Bertz CT molecular complexity index is 581. The van der Waals surface area contributed by atoms with E-state index >= 15 is 0 Å². The molecular formula is C19H21NO2. The monoisotopic (exact) mass is 295 g/mol. The number of nitrogens with zero attached hydrogens (tertiary/aromatic N) is 1. The van der Waals surface area contributed by atoms with Crippen LogP contribution in [0.3, 0.4) is 0 Å². The normalized spacial score (nSPS) is 10.4. The van der Waals surface area contributed by atoms with Gasteiger partial charge in [-0.15, -0.1) is 11.6 Å². The number of unbranched alkanes of at least 4 members (excludes halogenated alkanes) is 1. The molecule has 0 aliphatic carbocycles. The zero-order valence-electron chi connectivity index (χ0n) is 12.7. The molecule has 0 heterocycles. The molecule has 0 bridgehead atoms. The van der Waals surface area contributed by atoms with E-state index in [0.717, 1.165) is 18.4 Å². The van der Waals surface area contributed by atoms with Crippen LogP contribution >= 0.6 is 0 Å². The molecule has 0 N–H and O–H groups in total. The van der Waals surface area contributed by atoms with Gasteiger partial charge >= 0.3 is 5.97 Å². The summed E-state index contributed by atoms with van der Waals surface area (Å²) in [6.45, 7) is 4.98. The summed E-state index contributed by atoms with van der Waals surface area (Å²) in [5, 5.41) is 1.72. The first-order valence-electron chi connectivity index (χ1n) is 7.46. The predicted molar refractivity (Wildman–Crippen MR) is 88.1 cm³/mol. The molecule has 2 rings (SSSR count). The van der Waals surface area contributed by atoms with Crippen LogP contribution in [0.2, 0.25) is 0 Å². The molecule has 0 aliphatic rings. The van der Waals surface area contributed by atoms with Crippen molar-refractivity contribution in [2.24, 2.45) is 0 Å². The Labute approximate surface area is 131 Å². The summed E-state index contributed by atoms with van der Waals surface area (Å²) in [4.78, 5) is 17.7. The Morgan fingerprint density at radius 2 is 1.68 bits per heavy atom. The second-order valence-corrected chi connectivity index (χ2v) is 5.02. The smallest absolute Gasteiger partial charge is 0.357 e. The van der Waals surface area contributed by atoms with Crippen molar-refractivity contribution in [3.8, 4) is 0 Å². The molecule has 3 nitrogen and oxygen atoms in total. The Kier molecular flexibility index (Phi) is 6.39. The van der Waals surface area contributed by atoms with Crippen molar-refractivity contribution >= 4 is 5.97 Å². The lowest BCUT2D eigenvalue weighted by atomic mass is 10.2. The van der Waals surface area contributed by atoms with E-state index in [1.807, 2.05) is 54.6 Å². The fourth-order valence-corrected chi connectivity index (χ4v) is 2.10. The third kappa shape index (κ3) is 5.19. The van der Waals surface area contributed by atoms with Gasteiger partial charge in [0.05, 0.1) is 12.1 Å². The first-order chi connectivity index (χ1) is 10.8. The van der Waals surface area contributed by atoms with Crippen LogP contribution in [0.5, 0.6) is 0 Å². The van der Waals surface area contributed by atoms with E-state index in [1.54, 1.807) is 17.2 Å². The first-order valence-corrected chi connectivity index (χ1v) is 7.46. The second kappa shape index (κ2) is 8.80. The molecule has 0 aromatic heterocycles. The fourth-order valence-electron chi connectivity index (χ4n) is 2.10. The molecule has 114 valence electrons. The van der Waals surface area contributed by atoms with E-state index in [9.17, 15) is 4.79 Å². The van der Waals surface area contributed by atoms with Gasteiger partial charge in [0, 0.05) is 6.54 Å². The van der Waals surface area contributed by atoms with Gasteiger partial charge in [0.2, 0.25) is 0 Å². The first kappa shape index (κ1) is 16.0. The van der Waals surface area contributed by atoms with Crippen LogP contribution in [-0.4, -0.2) is 17.6 Å². The number of hydrogen-bond acceptors (Lipinski definition) is 3. The van der Waals surface area contributed by atoms with Gasteiger partial charge in [-0.1, -0.05) is 54.6 Å². The topological polar surface area (TPSA) is 29.5 Å². The van der Waals surface area contributed by atoms with Gasteiger partial charge in [0.1, 0.15) is 0 Å². The zero-order valence-corrected chi connectivity index (χ0v) is 12.7. The van der Waals surface area contributed by atoms with Gasteiger partial charge in [-0.05, 0) is 30.5 Å². The summed E-state index contributed by atoms with van der Waals surface area (Å²) in [5.74, 6) is -0.324. The summed E-state index contributed by atoms with van der Waals surface area (Å²) in [7, 11) is 0. The van der Waals surface area contributed by atoms with Gasteiger partial charge in [0.15, 0.2) is 0 Å². The third-order valence-corrected chi connectivity index (χ3v) is 3.24. The minimum Gasteiger partial charge on any atom is -0.364 e. The highest BCUT2D eigenvalue weighted by Crippen LogP contribution is 2.10. The van der Waals surface area contributed by atoms with Crippen molar-refractivity contribution in [2.75, 3.05) is 6.54 Å². The van der Waals surface area contributed by atoms with Crippen molar-refractivity contribution < 1.29 is 9.63 Å². The summed E-state index contributed by atoms with van der Waals surface area (Å²) in [6, 6.07) is 19.0. The Balaban J connectivity index is 2.00. The lowest BCUT2D eigenvalue weighted by Crippen LogP contribution is -2.28. The van der Waals surface area contributed by atoms with Crippen molar-refractivity contribution in [1.29, 1.82) is 0 Å². The third-order valence-electron chi connectivity index (χ3n) is 3.24. The molecule has 0 radical (unpaired) electrons. The molecule has 0 saturated carbocycles. The Morgan fingerprint density at radius 3 is 2.32 bits per heavy atom. The van der Waals surface area contributed by atoms with Crippen LogP contribution in [-0.2, 0) is 11.4 Å². The second-order valence-electron chi connectivity index (χ2n) is 5.02. The minimum absolute atomic E-state index is 0.324. The average Bonchev–Trinajstić information content (AvgIpc) is 2.56. The number of hydrogen-bond donors (Lipinski definition) is 0. The molecule has 0 amide bonds. The molecule has 3 heteroatoms. The SMILES string of the molecule is C=CCCCN(Cc1ccccc1)OC(=O)c1ccccc1. The lowest BCUT2D eigenvalue weighted by molar-refractivity contribution is -0.117. The van der Waals surface area contributed by atoms with Gasteiger partial charge in [-0.25, -0.2) is 4.79 Å². The van der Waals surface area contributed by atoms with E-state index in [-0.39, 0.29) is 5.97 Å². The fraction of sp³-hybridized carbons (Fsp3) is 0.211. The number of rotatable bonds is 8. The van der Waals surface area contributed by atoms with Crippen molar-refractivity contribution in [3.63, 3.8) is 0 Å². The molecule has 22 heavy (non-hydrogen) atoms. The molecule has 0 saturated heterocycles. The number of allylic oxidation sites excluding steroid dienone is 1. The lowest BCUT2D eigenvalue weighted by Gasteiger charge is -2.21. The molecular weight excluding hydrogens is 274 g/mol. The summed E-state index contributed by atoms with van der Waals surface area (Å²) < 4.78 is 0. The van der Waals surface area contributed by atoms with Gasteiger partial charge in [-0.3, -0.25) is 0 Å². The van der Waals surface area contributed by atoms with Crippen LogP contribution in [0.15, 0.2) is 73.3 Å². The summed E-state index contributed by atoms with van der Waals surface area (Å²) >= 11 is 0. The highest BCUT2D eigenvalue weighted by Gasteiger charge is 2.13. The summed E-state index contributed by atoms with van der Waals surface area (Å²) in [5.41, 5.74) is 1.67. The zero-order chi connectivity index (χ0) is 15.6. The maximum atomic E-state index is 12.2. The van der Waals surface area contributed by atoms with Crippen molar-refractivity contribution in [3.05, 3.63) is 84.4 Å². The molecule has 0 atom stereocenters. The standard InChI is InChI=1S/C19H21NO2/c1-2-3-10-15-20(16-17-11-6-4-7-12-17)22-19(21)18-13-8-5-9-14-18/h2,4-9,11-14H,1,3,10,15-16H2. The highest BCUT2D eigenvalue weighted by molar-refractivity contribution is 5.89. The van der Waals surface area contributed by atoms with Crippen LogP contribution in [0.1, 0.15) is 28.8 Å². The van der Waals surface area contributed by atoms with Crippen LogP contribution < -0.4 is 0 Å². The number of carbonyl (C=O) groups excluding carboxylic acids is 1. The maximum absolute atomic E-state index is 12.2. The van der Waals surface area contributed by atoms with E-state index in [4.69, 9.17) is 4.84 Å². The Morgan fingerprint density at radius 1 is 1.05 bits per heavy atom. The maximum Gasteiger partial charge on any atom is 0.357 e. The largest absolute Gasteiger partial charge is 0.364 e. The average molecular weight is 295 g/mol. The van der Waals surface area contributed by atoms with Crippen molar-refractivity contribution in [2.45, 2.75) is 19.4 Å². The molecule has 0 unspecified atom stereocenters. The molecule has 0 fully saturated rings. The van der Waals surface area contributed by atoms with Crippen LogP contribution in [0, 0.1) is 0 Å². The van der Waals surface area contributed by atoms with Crippen LogP contribution in [0.25, 0.3) is 0 Å². The number of carbonyl (C=O) groups is 1. The van der Waals surface area contributed by atoms with E-state index < -0.39 is 0 Å². The van der Waals surface area contributed by atoms with Crippen molar-refractivity contribution in [1.82, 2.24) is 5.06 Å². The molecule has 0 aliphatic heterocycles. The van der Waals surface area contributed by atoms with Gasteiger partial charge < -0.3 is 4.84 Å². The molecule has 2 aromatic carbocycles.